The second kappa shape index (κ2) is 7.98. The number of alkyl halides is 3. The van der Waals surface area contributed by atoms with Crippen molar-refractivity contribution in [3.8, 4) is 0 Å². The number of aromatic amines is 1. The average Bonchev–Trinajstić information content (AvgIpc) is 2.78. The lowest BCUT2D eigenvalue weighted by Gasteiger charge is -2.33. The first kappa shape index (κ1) is 23.2. The van der Waals surface area contributed by atoms with E-state index >= 15 is 0 Å². The Balaban J connectivity index is 2.61. The third kappa shape index (κ3) is 5.11. The molecule has 1 aromatic heterocycles. The quantitative estimate of drug-likeness (QED) is 0.238. The zero-order chi connectivity index (χ0) is 22.2. The highest BCUT2D eigenvalue weighted by Crippen LogP contribution is 2.48. The number of aliphatic hydroxyl groups is 1. The van der Waals surface area contributed by atoms with Gasteiger partial charge in [0, 0.05) is 19.4 Å². The van der Waals surface area contributed by atoms with Crippen LogP contribution >= 0.6 is 7.82 Å². The van der Waals surface area contributed by atoms with E-state index in [1.807, 2.05) is 0 Å². The summed E-state index contributed by atoms with van der Waals surface area (Å²) in [5, 5.41) is 12.0. The first-order chi connectivity index (χ1) is 13.2. The summed E-state index contributed by atoms with van der Waals surface area (Å²) in [6, 6.07) is -1.59. The number of rotatable bonds is 6. The number of carbonyl (C=O) groups excluding carboxylic acids is 1. The normalized spacial score (nSPS) is 27.8. The van der Waals surface area contributed by atoms with E-state index in [9.17, 15) is 37.2 Å². The van der Waals surface area contributed by atoms with Gasteiger partial charge in [0.2, 0.25) is 5.79 Å². The summed E-state index contributed by atoms with van der Waals surface area (Å²) in [6.45, 7) is -0.677. The Kier molecular flexibility index (Phi) is 6.39. The number of halogens is 3. The minimum atomic E-state index is -5.56. The first-order valence-electron chi connectivity index (χ1n) is 7.51. The van der Waals surface area contributed by atoms with Crippen LogP contribution in [0.4, 0.5) is 13.2 Å². The van der Waals surface area contributed by atoms with Gasteiger partial charge in [-0.3, -0.25) is 19.1 Å². The van der Waals surface area contributed by atoms with E-state index in [0.29, 0.717) is 4.57 Å². The van der Waals surface area contributed by atoms with Crippen LogP contribution in [0.3, 0.4) is 0 Å². The van der Waals surface area contributed by atoms with Crippen molar-refractivity contribution in [3.05, 3.63) is 33.1 Å². The molecule has 0 spiro atoms. The Hall–Kier alpha value is -2.07. The maximum absolute atomic E-state index is 12.7. The molecule has 1 aliphatic heterocycles. The maximum Gasteiger partial charge on any atom is 0.472 e. The molecule has 4 atom stereocenters. The number of nitrogens with one attached hydrogen (secondary N) is 2. The Morgan fingerprint density at radius 2 is 2.07 bits per heavy atom. The molecule has 0 aliphatic carbocycles. The van der Waals surface area contributed by atoms with Gasteiger partial charge in [0.1, 0.15) is 12.1 Å². The molecule has 1 aliphatic rings. The lowest BCUT2D eigenvalue weighted by molar-refractivity contribution is -0.207. The molecular formula is C12H15F3N3O10P. The van der Waals surface area contributed by atoms with Gasteiger partial charge in [-0.2, -0.15) is 13.2 Å². The molecule has 1 amide bonds. The zero-order valence-electron chi connectivity index (χ0n) is 14.3. The fraction of sp³-hybridized carbons (Fsp3) is 0.583. The molecule has 164 valence electrons. The highest BCUT2D eigenvalue weighted by atomic mass is 31.2. The largest absolute Gasteiger partial charge is 0.472 e. The third-order valence-corrected chi connectivity index (χ3v) is 4.28. The second-order valence-corrected chi connectivity index (χ2v) is 6.93. The molecule has 1 saturated heterocycles. The Morgan fingerprint density at radius 1 is 1.45 bits per heavy atom. The lowest BCUT2D eigenvalue weighted by atomic mass is 10.0. The highest BCUT2D eigenvalue weighted by molar-refractivity contribution is 7.46. The summed E-state index contributed by atoms with van der Waals surface area (Å²) in [5.41, 5.74) is -2.10. The number of phosphoric acid groups is 1. The Morgan fingerprint density at radius 3 is 2.55 bits per heavy atom. The van der Waals surface area contributed by atoms with E-state index < -0.39 is 61.9 Å². The molecule has 17 heteroatoms. The summed E-state index contributed by atoms with van der Waals surface area (Å²) in [6.07, 6.45) is -8.56. The number of H-pyrrole nitrogens is 1. The summed E-state index contributed by atoms with van der Waals surface area (Å²) in [5.74, 6) is -5.89. The van der Waals surface area contributed by atoms with Crippen molar-refractivity contribution in [2.24, 2.45) is 0 Å². The topological polar surface area (TPSA) is 189 Å². The lowest BCUT2D eigenvalue weighted by Crippen LogP contribution is -2.60. The smallest absolute Gasteiger partial charge is 0.382 e. The minimum absolute atomic E-state index is 0.479. The van der Waals surface area contributed by atoms with Crippen molar-refractivity contribution in [2.75, 3.05) is 13.7 Å². The minimum Gasteiger partial charge on any atom is -0.382 e. The Bertz CT molecular complexity index is 927. The number of ether oxygens (including phenoxy) is 2. The van der Waals surface area contributed by atoms with Crippen LogP contribution in [0.15, 0.2) is 21.9 Å². The average molecular weight is 449 g/mol. The summed E-state index contributed by atoms with van der Waals surface area (Å²) >= 11 is 0. The molecule has 2 rings (SSSR count). The molecule has 0 radical (unpaired) electrons. The standard InChI is InChI=1S/C12H15F3N3O10P/c1-26-4-5-11(22,28-29(23,24)25)7(17-9(20)12(13,14)15)8(27-5)18-3-2-6(19)16-10(18)21/h2-3,5,7-8,22H,4H2,1H3,(H,17,20)(H,16,19,21)(H2,23,24,25)/t5-,7+,8-,11-/m1/s1. The molecular weight excluding hydrogens is 434 g/mol. The fourth-order valence-corrected chi connectivity index (χ4v) is 3.23. The van der Waals surface area contributed by atoms with Gasteiger partial charge in [-0.05, 0) is 0 Å². The molecule has 2 heterocycles. The predicted molar refractivity (Wildman–Crippen MR) is 83.2 cm³/mol. The van der Waals surface area contributed by atoms with Gasteiger partial charge in [0.15, 0.2) is 6.23 Å². The number of nitrogens with zero attached hydrogens (tertiary/aromatic N) is 1. The molecule has 0 unspecified atom stereocenters. The van der Waals surface area contributed by atoms with E-state index in [-0.39, 0.29) is 0 Å². The van der Waals surface area contributed by atoms with Gasteiger partial charge in [-0.25, -0.2) is 13.9 Å². The number of hydrogen-bond acceptors (Lipinski definition) is 8. The van der Waals surface area contributed by atoms with E-state index in [4.69, 9.17) is 19.3 Å². The van der Waals surface area contributed by atoms with Crippen LogP contribution in [-0.2, 0) is 23.4 Å². The van der Waals surface area contributed by atoms with Crippen LogP contribution < -0.4 is 16.6 Å². The monoisotopic (exact) mass is 449 g/mol. The number of amides is 1. The number of hydrogen-bond donors (Lipinski definition) is 5. The molecule has 0 bridgehead atoms. The van der Waals surface area contributed by atoms with E-state index in [0.717, 1.165) is 19.4 Å². The molecule has 29 heavy (non-hydrogen) atoms. The number of methoxy groups -OCH3 is 1. The zero-order valence-corrected chi connectivity index (χ0v) is 15.2. The van der Waals surface area contributed by atoms with Gasteiger partial charge >= 0.3 is 25.6 Å². The van der Waals surface area contributed by atoms with Crippen LogP contribution in [-0.4, -0.2) is 68.2 Å². The van der Waals surface area contributed by atoms with E-state index in [1.165, 1.54) is 5.32 Å². The molecule has 0 aromatic carbocycles. The van der Waals surface area contributed by atoms with Crippen LogP contribution in [0, 0.1) is 0 Å². The van der Waals surface area contributed by atoms with E-state index in [1.54, 1.807) is 4.98 Å². The van der Waals surface area contributed by atoms with Gasteiger partial charge in [-0.1, -0.05) is 0 Å². The fourth-order valence-electron chi connectivity index (χ4n) is 2.62. The van der Waals surface area contributed by atoms with Crippen molar-refractivity contribution in [2.45, 2.75) is 30.3 Å². The van der Waals surface area contributed by atoms with Crippen molar-refractivity contribution in [1.82, 2.24) is 14.9 Å². The predicted octanol–water partition coefficient (Wildman–Crippen LogP) is -2.07. The summed E-state index contributed by atoms with van der Waals surface area (Å²) in [7, 11) is -4.50. The maximum atomic E-state index is 12.7. The second-order valence-electron chi connectivity index (χ2n) is 5.77. The van der Waals surface area contributed by atoms with Crippen molar-refractivity contribution >= 4 is 13.7 Å². The molecule has 5 N–H and O–H groups in total. The van der Waals surface area contributed by atoms with Crippen LogP contribution in [0.1, 0.15) is 6.23 Å². The summed E-state index contributed by atoms with van der Waals surface area (Å²) < 4.78 is 64.1. The van der Waals surface area contributed by atoms with Gasteiger partial charge in [0.25, 0.3) is 5.56 Å². The summed E-state index contributed by atoms with van der Waals surface area (Å²) in [4.78, 5) is 54.5. The molecule has 0 saturated carbocycles. The van der Waals surface area contributed by atoms with Crippen molar-refractivity contribution in [3.63, 3.8) is 0 Å². The SMILES string of the molecule is COC[C@H]1O[C@@H](n2ccc(=O)[nH]c2=O)[C@H](NC(=O)C(F)(F)F)[C@]1(O)OP(=O)(O)O. The van der Waals surface area contributed by atoms with Crippen LogP contribution in [0.25, 0.3) is 0 Å². The number of aromatic nitrogens is 2. The van der Waals surface area contributed by atoms with Gasteiger partial charge < -0.3 is 29.7 Å². The van der Waals surface area contributed by atoms with Crippen LogP contribution in [0.5, 0.6) is 0 Å². The molecule has 13 nitrogen and oxygen atoms in total. The van der Waals surface area contributed by atoms with Crippen molar-refractivity contribution in [1.29, 1.82) is 0 Å². The highest BCUT2D eigenvalue weighted by Gasteiger charge is 2.62. The molecule has 1 fully saturated rings. The van der Waals surface area contributed by atoms with E-state index in [2.05, 4.69) is 4.52 Å². The molecule has 1 aromatic rings. The van der Waals surface area contributed by atoms with Crippen molar-refractivity contribution < 1.29 is 51.4 Å². The first-order valence-corrected chi connectivity index (χ1v) is 9.04. The Labute approximate surface area is 158 Å². The van der Waals surface area contributed by atoms with Gasteiger partial charge in [-0.15, -0.1) is 0 Å². The van der Waals surface area contributed by atoms with Crippen LogP contribution in [0.2, 0.25) is 0 Å². The number of carbonyl (C=O) groups is 1. The van der Waals surface area contributed by atoms with Gasteiger partial charge in [0.05, 0.1) is 6.61 Å². The number of phosphoric ester groups is 1. The third-order valence-electron chi connectivity index (χ3n) is 3.75.